The van der Waals surface area contributed by atoms with Crippen LogP contribution in [-0.2, 0) is 9.53 Å². The van der Waals surface area contributed by atoms with Crippen molar-refractivity contribution < 1.29 is 9.53 Å². The van der Waals surface area contributed by atoms with Crippen LogP contribution in [0.4, 0.5) is 0 Å². The topological polar surface area (TPSA) is 26.3 Å². The number of hydrogen-bond donors (Lipinski definition) is 0. The van der Waals surface area contributed by atoms with E-state index < -0.39 is 0 Å². The number of esters is 1. The molecule has 0 aromatic heterocycles. The molecule has 0 aromatic rings. The van der Waals surface area contributed by atoms with E-state index in [0.29, 0.717) is 18.9 Å². The van der Waals surface area contributed by atoms with E-state index in [1.165, 1.54) is 5.57 Å². The molecule has 0 bridgehead atoms. The summed E-state index contributed by atoms with van der Waals surface area (Å²) in [5.41, 5.74) is 1.27. The highest BCUT2D eigenvalue weighted by Crippen LogP contribution is 2.42. The summed E-state index contributed by atoms with van der Waals surface area (Å²) in [6.45, 7) is 10.7. The van der Waals surface area contributed by atoms with Crippen molar-refractivity contribution in [3.63, 3.8) is 0 Å². The summed E-state index contributed by atoms with van der Waals surface area (Å²) in [4.78, 5) is 11.0. The molecule has 0 saturated carbocycles. The number of carbonyl (C=O) groups excluding carboxylic acids is 1. The first-order valence-electron chi connectivity index (χ1n) is 5.53. The number of carbonyl (C=O) groups is 1. The van der Waals surface area contributed by atoms with Crippen molar-refractivity contribution in [2.45, 2.75) is 33.6 Å². The van der Waals surface area contributed by atoms with Crippen LogP contribution in [-0.4, -0.2) is 12.6 Å². The normalized spacial score (nSPS) is 29.5. The van der Waals surface area contributed by atoms with E-state index in [1.807, 2.05) is 6.92 Å². The smallest absolute Gasteiger partial charge is 0.305 e. The van der Waals surface area contributed by atoms with E-state index in [-0.39, 0.29) is 11.4 Å². The summed E-state index contributed by atoms with van der Waals surface area (Å²) in [6.07, 6.45) is 5.58. The third kappa shape index (κ3) is 2.71. The Kier molecular flexibility index (Phi) is 3.72. The lowest BCUT2D eigenvalue weighted by molar-refractivity contribution is -0.143. The second-order valence-electron chi connectivity index (χ2n) is 4.46. The first-order chi connectivity index (χ1) is 6.99. The Morgan fingerprint density at radius 2 is 2.33 bits per heavy atom. The molecule has 0 amide bonds. The predicted octanol–water partition coefficient (Wildman–Crippen LogP) is 3.10. The van der Waals surface area contributed by atoms with Crippen LogP contribution >= 0.6 is 0 Å². The number of rotatable bonds is 4. The van der Waals surface area contributed by atoms with Crippen LogP contribution in [0.1, 0.15) is 33.6 Å². The summed E-state index contributed by atoms with van der Waals surface area (Å²) in [5, 5.41) is 0. The standard InChI is InChI=1S/C13H20O2/c1-5-12(14)15-9-8-13(4)7-6-10(2)11(13)3/h6-7,11H,2,5,8-9H2,1,3-4H3/t11-,13-/m0/s1. The van der Waals surface area contributed by atoms with Crippen molar-refractivity contribution in [2.24, 2.45) is 11.3 Å². The second-order valence-corrected chi connectivity index (χ2v) is 4.46. The molecule has 2 heteroatoms. The molecule has 0 unspecified atom stereocenters. The zero-order valence-electron chi connectivity index (χ0n) is 9.88. The van der Waals surface area contributed by atoms with Crippen molar-refractivity contribution in [3.05, 3.63) is 24.3 Å². The Morgan fingerprint density at radius 3 is 2.80 bits per heavy atom. The molecule has 0 aromatic carbocycles. The van der Waals surface area contributed by atoms with Gasteiger partial charge in [-0.25, -0.2) is 0 Å². The lowest BCUT2D eigenvalue weighted by atomic mass is 9.77. The number of allylic oxidation sites excluding steroid dienone is 3. The summed E-state index contributed by atoms with van der Waals surface area (Å²) >= 11 is 0. The van der Waals surface area contributed by atoms with E-state index in [1.54, 1.807) is 0 Å². The fourth-order valence-corrected chi connectivity index (χ4v) is 1.80. The van der Waals surface area contributed by atoms with Gasteiger partial charge >= 0.3 is 5.97 Å². The molecule has 1 rings (SSSR count). The fraction of sp³-hybridized carbons (Fsp3) is 0.615. The number of ether oxygens (including phenoxy) is 1. The van der Waals surface area contributed by atoms with E-state index in [2.05, 4.69) is 32.6 Å². The number of hydrogen-bond acceptors (Lipinski definition) is 2. The molecule has 0 heterocycles. The van der Waals surface area contributed by atoms with Gasteiger partial charge in [-0.1, -0.05) is 45.1 Å². The van der Waals surface area contributed by atoms with Gasteiger partial charge in [0, 0.05) is 6.42 Å². The van der Waals surface area contributed by atoms with Gasteiger partial charge in [-0.15, -0.1) is 0 Å². The summed E-state index contributed by atoms with van der Waals surface area (Å²) < 4.78 is 5.10. The first-order valence-corrected chi connectivity index (χ1v) is 5.53. The second kappa shape index (κ2) is 4.65. The van der Waals surface area contributed by atoms with Crippen LogP contribution in [0.3, 0.4) is 0 Å². The maximum atomic E-state index is 11.0. The SMILES string of the molecule is C=C1C=C[C@@](C)(CCOC(=O)CC)[C@H]1C. The van der Waals surface area contributed by atoms with Crippen LogP contribution in [0.5, 0.6) is 0 Å². The highest BCUT2D eigenvalue weighted by molar-refractivity contribution is 5.68. The monoisotopic (exact) mass is 208 g/mol. The van der Waals surface area contributed by atoms with Crippen LogP contribution in [0.25, 0.3) is 0 Å². The Bertz CT molecular complexity index is 291. The molecule has 1 aliphatic carbocycles. The van der Waals surface area contributed by atoms with Crippen LogP contribution in [0.2, 0.25) is 0 Å². The molecule has 0 fully saturated rings. The predicted molar refractivity (Wildman–Crippen MR) is 61.4 cm³/mol. The molecule has 84 valence electrons. The lowest BCUT2D eigenvalue weighted by Gasteiger charge is -2.28. The minimum Gasteiger partial charge on any atom is -0.466 e. The molecule has 2 atom stereocenters. The third-order valence-electron chi connectivity index (χ3n) is 3.42. The Balaban J connectivity index is 2.42. The van der Waals surface area contributed by atoms with Crippen molar-refractivity contribution >= 4 is 5.97 Å². The average molecular weight is 208 g/mol. The van der Waals surface area contributed by atoms with Gasteiger partial charge in [-0.3, -0.25) is 4.79 Å². The first kappa shape index (κ1) is 12.0. The largest absolute Gasteiger partial charge is 0.466 e. The van der Waals surface area contributed by atoms with E-state index >= 15 is 0 Å². The molecule has 0 saturated heterocycles. The Morgan fingerprint density at radius 1 is 1.67 bits per heavy atom. The van der Waals surface area contributed by atoms with E-state index in [9.17, 15) is 4.79 Å². The van der Waals surface area contributed by atoms with Gasteiger partial charge in [-0.05, 0) is 17.8 Å². The van der Waals surface area contributed by atoms with Crippen molar-refractivity contribution in [2.75, 3.05) is 6.61 Å². The summed E-state index contributed by atoms with van der Waals surface area (Å²) in [6, 6.07) is 0. The molecular weight excluding hydrogens is 188 g/mol. The molecule has 0 aliphatic heterocycles. The van der Waals surface area contributed by atoms with Crippen molar-refractivity contribution in [3.8, 4) is 0 Å². The van der Waals surface area contributed by atoms with Crippen molar-refractivity contribution in [1.29, 1.82) is 0 Å². The zero-order chi connectivity index (χ0) is 11.5. The zero-order valence-corrected chi connectivity index (χ0v) is 9.88. The van der Waals surface area contributed by atoms with Gasteiger partial charge in [0.15, 0.2) is 0 Å². The van der Waals surface area contributed by atoms with Gasteiger partial charge < -0.3 is 4.74 Å². The van der Waals surface area contributed by atoms with Gasteiger partial charge in [0.1, 0.15) is 0 Å². The molecule has 0 radical (unpaired) electrons. The summed E-state index contributed by atoms with van der Waals surface area (Å²) in [7, 11) is 0. The van der Waals surface area contributed by atoms with Gasteiger partial charge in [0.2, 0.25) is 0 Å². The average Bonchev–Trinajstić information content (AvgIpc) is 2.47. The summed E-state index contributed by atoms with van der Waals surface area (Å²) in [5.74, 6) is 0.324. The third-order valence-corrected chi connectivity index (χ3v) is 3.42. The van der Waals surface area contributed by atoms with Gasteiger partial charge in [0.05, 0.1) is 6.61 Å². The minimum atomic E-state index is -0.118. The molecule has 0 spiro atoms. The molecule has 2 nitrogen and oxygen atoms in total. The lowest BCUT2D eigenvalue weighted by Crippen LogP contribution is -2.22. The minimum absolute atomic E-state index is 0.102. The highest BCUT2D eigenvalue weighted by Gasteiger charge is 2.33. The molecular formula is C13H20O2. The molecule has 0 N–H and O–H groups in total. The van der Waals surface area contributed by atoms with Gasteiger partial charge in [0.25, 0.3) is 0 Å². The van der Waals surface area contributed by atoms with Crippen LogP contribution < -0.4 is 0 Å². The Labute approximate surface area is 92.0 Å². The maximum absolute atomic E-state index is 11.0. The van der Waals surface area contributed by atoms with E-state index in [4.69, 9.17) is 4.74 Å². The van der Waals surface area contributed by atoms with E-state index in [0.717, 1.165) is 6.42 Å². The van der Waals surface area contributed by atoms with Crippen LogP contribution in [0, 0.1) is 11.3 Å². The highest BCUT2D eigenvalue weighted by atomic mass is 16.5. The van der Waals surface area contributed by atoms with Crippen LogP contribution in [0.15, 0.2) is 24.3 Å². The fourth-order valence-electron chi connectivity index (χ4n) is 1.80. The molecule has 1 aliphatic rings. The Hall–Kier alpha value is -1.05. The van der Waals surface area contributed by atoms with Crippen molar-refractivity contribution in [1.82, 2.24) is 0 Å². The molecule has 15 heavy (non-hydrogen) atoms. The maximum Gasteiger partial charge on any atom is 0.305 e. The quantitative estimate of drug-likeness (QED) is 0.664. The van der Waals surface area contributed by atoms with Gasteiger partial charge in [-0.2, -0.15) is 0 Å².